The third kappa shape index (κ3) is 1.86. The first-order chi connectivity index (χ1) is 8.63. The minimum atomic E-state index is -0.267. The highest BCUT2D eigenvalue weighted by Gasteiger charge is 2.27. The van der Waals surface area contributed by atoms with Crippen LogP contribution in [0, 0.1) is 5.92 Å². The maximum atomic E-state index is 11.3. The molecule has 2 aromatic heterocycles. The summed E-state index contributed by atoms with van der Waals surface area (Å²) in [5.41, 5.74) is 6.09. The second-order valence-corrected chi connectivity index (χ2v) is 4.98. The summed E-state index contributed by atoms with van der Waals surface area (Å²) in [6, 6.07) is 2.17. The largest absolute Gasteiger partial charge is 0.359 e. The highest BCUT2D eigenvalue weighted by molar-refractivity contribution is 5.49. The summed E-state index contributed by atoms with van der Waals surface area (Å²) >= 11 is 0. The summed E-state index contributed by atoms with van der Waals surface area (Å²) in [5.74, 6) is 1.46. The molecule has 1 saturated carbocycles. The quantitative estimate of drug-likeness (QED) is 0.770. The Hall–Kier alpha value is -1.89. The Kier molecular flexibility index (Phi) is 2.55. The van der Waals surface area contributed by atoms with Crippen LogP contribution in [0.3, 0.4) is 0 Å². The SMILES string of the molecule is CN(CC1CC(N)C1)c1cc2n[nH]c(=O)n2cn1. The van der Waals surface area contributed by atoms with Gasteiger partial charge in [0.25, 0.3) is 0 Å². The number of aromatic nitrogens is 4. The molecule has 1 aliphatic rings. The number of fused-ring (bicyclic) bond motifs is 1. The maximum Gasteiger partial charge on any atom is 0.348 e. The molecule has 96 valence electrons. The van der Waals surface area contributed by atoms with E-state index in [9.17, 15) is 4.79 Å². The average molecular weight is 248 g/mol. The summed E-state index contributed by atoms with van der Waals surface area (Å²) in [5, 5.41) is 6.32. The minimum Gasteiger partial charge on any atom is -0.359 e. The van der Waals surface area contributed by atoms with Crippen LogP contribution in [-0.2, 0) is 0 Å². The molecule has 7 heteroatoms. The van der Waals surface area contributed by atoms with Crippen molar-refractivity contribution in [2.24, 2.45) is 11.7 Å². The first-order valence-electron chi connectivity index (χ1n) is 6.03. The van der Waals surface area contributed by atoms with E-state index in [2.05, 4.69) is 20.1 Å². The summed E-state index contributed by atoms with van der Waals surface area (Å²) < 4.78 is 1.39. The van der Waals surface area contributed by atoms with Crippen molar-refractivity contribution in [2.45, 2.75) is 18.9 Å². The fourth-order valence-electron chi connectivity index (χ4n) is 2.43. The second kappa shape index (κ2) is 4.09. The molecule has 2 aromatic rings. The van der Waals surface area contributed by atoms with Gasteiger partial charge in [-0.1, -0.05) is 0 Å². The molecular weight excluding hydrogens is 232 g/mol. The Labute approximate surface area is 104 Å². The highest BCUT2D eigenvalue weighted by Crippen LogP contribution is 2.27. The Morgan fingerprint density at radius 1 is 1.61 bits per heavy atom. The van der Waals surface area contributed by atoms with Gasteiger partial charge in [-0.3, -0.25) is 0 Å². The number of nitrogens with one attached hydrogen (secondary N) is 1. The predicted octanol–water partition coefficient (Wildman–Crippen LogP) is -0.409. The van der Waals surface area contributed by atoms with E-state index in [0.717, 1.165) is 25.2 Å². The van der Waals surface area contributed by atoms with Gasteiger partial charge in [0.1, 0.15) is 12.1 Å². The van der Waals surface area contributed by atoms with Crippen LogP contribution in [0.5, 0.6) is 0 Å². The zero-order valence-corrected chi connectivity index (χ0v) is 10.2. The Morgan fingerprint density at radius 2 is 2.39 bits per heavy atom. The Bertz CT molecular complexity index is 611. The normalized spacial score (nSPS) is 23.0. The fourth-order valence-corrected chi connectivity index (χ4v) is 2.43. The first-order valence-corrected chi connectivity index (χ1v) is 6.03. The molecule has 3 rings (SSSR count). The molecule has 0 aromatic carbocycles. The molecule has 0 atom stereocenters. The van der Waals surface area contributed by atoms with E-state index in [1.807, 2.05) is 7.05 Å². The van der Waals surface area contributed by atoms with Gasteiger partial charge in [0.2, 0.25) is 0 Å². The van der Waals surface area contributed by atoms with E-state index in [0.29, 0.717) is 17.6 Å². The lowest BCUT2D eigenvalue weighted by Crippen LogP contribution is -2.42. The smallest absolute Gasteiger partial charge is 0.348 e. The number of H-pyrrole nitrogens is 1. The van der Waals surface area contributed by atoms with E-state index in [4.69, 9.17) is 5.73 Å². The molecule has 3 N–H and O–H groups in total. The lowest BCUT2D eigenvalue weighted by Gasteiger charge is -2.35. The van der Waals surface area contributed by atoms with Crippen molar-refractivity contribution in [3.63, 3.8) is 0 Å². The van der Waals surface area contributed by atoms with Gasteiger partial charge >= 0.3 is 5.69 Å². The van der Waals surface area contributed by atoms with Crippen LogP contribution in [-0.4, -0.2) is 39.2 Å². The zero-order chi connectivity index (χ0) is 12.7. The molecule has 0 aliphatic heterocycles. The molecule has 0 radical (unpaired) electrons. The average Bonchev–Trinajstić information content (AvgIpc) is 2.68. The molecule has 0 unspecified atom stereocenters. The molecule has 0 bridgehead atoms. The Morgan fingerprint density at radius 3 is 3.11 bits per heavy atom. The van der Waals surface area contributed by atoms with Gasteiger partial charge in [-0.05, 0) is 18.8 Å². The number of nitrogens with zero attached hydrogens (tertiary/aromatic N) is 4. The van der Waals surface area contributed by atoms with Gasteiger partial charge in [-0.25, -0.2) is 19.3 Å². The van der Waals surface area contributed by atoms with Crippen LogP contribution in [0.1, 0.15) is 12.8 Å². The van der Waals surface area contributed by atoms with Gasteiger partial charge in [0, 0.05) is 25.7 Å². The van der Waals surface area contributed by atoms with Crippen molar-refractivity contribution in [1.82, 2.24) is 19.6 Å². The van der Waals surface area contributed by atoms with Gasteiger partial charge in [-0.2, -0.15) is 5.10 Å². The zero-order valence-electron chi connectivity index (χ0n) is 10.2. The van der Waals surface area contributed by atoms with Gasteiger partial charge < -0.3 is 10.6 Å². The lowest BCUT2D eigenvalue weighted by atomic mass is 9.81. The van der Waals surface area contributed by atoms with E-state index in [1.54, 1.807) is 6.07 Å². The van der Waals surface area contributed by atoms with Crippen molar-refractivity contribution in [1.29, 1.82) is 0 Å². The molecule has 1 fully saturated rings. The standard InChI is InChI=1S/C11H16N6O/c1-16(5-7-2-8(12)3-7)9-4-10-14-15-11(18)17(10)6-13-9/h4,6-8H,2-3,5,12H2,1H3,(H,15,18). The second-order valence-electron chi connectivity index (χ2n) is 4.98. The molecule has 7 nitrogen and oxygen atoms in total. The number of nitrogens with two attached hydrogens (primary N) is 1. The molecule has 0 spiro atoms. The first kappa shape index (κ1) is 11.2. The maximum absolute atomic E-state index is 11.3. The fraction of sp³-hybridized carbons (Fsp3) is 0.545. The summed E-state index contributed by atoms with van der Waals surface area (Å²) in [6.07, 6.45) is 3.66. The topological polar surface area (TPSA) is 92.3 Å². The third-order valence-electron chi connectivity index (χ3n) is 3.49. The Balaban J connectivity index is 1.78. The summed E-state index contributed by atoms with van der Waals surface area (Å²) in [6.45, 7) is 0.936. The summed E-state index contributed by atoms with van der Waals surface area (Å²) in [7, 11) is 1.99. The summed E-state index contributed by atoms with van der Waals surface area (Å²) in [4.78, 5) is 17.7. The lowest BCUT2D eigenvalue weighted by molar-refractivity contribution is 0.270. The molecule has 0 amide bonds. The number of hydrogen-bond acceptors (Lipinski definition) is 5. The van der Waals surface area contributed by atoms with Crippen LogP contribution < -0.4 is 16.3 Å². The van der Waals surface area contributed by atoms with E-state index < -0.39 is 0 Å². The van der Waals surface area contributed by atoms with Gasteiger partial charge in [-0.15, -0.1) is 0 Å². The predicted molar refractivity (Wildman–Crippen MR) is 67.6 cm³/mol. The molecule has 0 saturated heterocycles. The monoisotopic (exact) mass is 248 g/mol. The van der Waals surface area contributed by atoms with Crippen LogP contribution in [0.25, 0.3) is 5.65 Å². The van der Waals surface area contributed by atoms with Crippen LogP contribution >= 0.6 is 0 Å². The van der Waals surface area contributed by atoms with Crippen LogP contribution in [0.15, 0.2) is 17.2 Å². The van der Waals surface area contributed by atoms with Crippen LogP contribution in [0.2, 0.25) is 0 Å². The van der Waals surface area contributed by atoms with Gasteiger partial charge in [0.15, 0.2) is 5.65 Å². The van der Waals surface area contributed by atoms with Crippen molar-refractivity contribution in [2.75, 3.05) is 18.5 Å². The van der Waals surface area contributed by atoms with Crippen molar-refractivity contribution < 1.29 is 0 Å². The number of anilines is 1. The van der Waals surface area contributed by atoms with E-state index in [1.165, 1.54) is 10.7 Å². The van der Waals surface area contributed by atoms with Crippen molar-refractivity contribution in [3.8, 4) is 0 Å². The number of aromatic amines is 1. The molecule has 2 heterocycles. The van der Waals surface area contributed by atoms with E-state index in [-0.39, 0.29) is 5.69 Å². The van der Waals surface area contributed by atoms with Crippen LogP contribution in [0.4, 0.5) is 5.82 Å². The van der Waals surface area contributed by atoms with E-state index >= 15 is 0 Å². The minimum absolute atomic E-state index is 0.267. The van der Waals surface area contributed by atoms with Crippen molar-refractivity contribution in [3.05, 3.63) is 22.9 Å². The van der Waals surface area contributed by atoms with Crippen molar-refractivity contribution >= 4 is 11.5 Å². The molecular formula is C11H16N6O. The third-order valence-corrected chi connectivity index (χ3v) is 3.49. The number of hydrogen-bond donors (Lipinski definition) is 2. The van der Waals surface area contributed by atoms with Gasteiger partial charge in [0.05, 0.1) is 0 Å². The highest BCUT2D eigenvalue weighted by atomic mass is 16.1. The molecule has 18 heavy (non-hydrogen) atoms. The number of rotatable bonds is 3. The molecule has 1 aliphatic carbocycles.